The summed E-state index contributed by atoms with van der Waals surface area (Å²) < 4.78 is 5.13. The monoisotopic (exact) mass is 369 g/mol. The van der Waals surface area contributed by atoms with Gasteiger partial charge in [-0.15, -0.1) is 0 Å². The molecule has 0 radical (unpaired) electrons. The Morgan fingerprint density at radius 1 is 1.00 bits per heavy atom. The molecule has 0 saturated heterocycles. The van der Waals surface area contributed by atoms with E-state index in [1.807, 2.05) is 30.3 Å². The Labute approximate surface area is 155 Å². The highest BCUT2D eigenvalue weighted by molar-refractivity contribution is 6.29. The lowest BCUT2D eigenvalue weighted by Gasteiger charge is -2.24. The summed E-state index contributed by atoms with van der Waals surface area (Å²) in [5.74, 6) is -1.72. The number of rotatable bonds is 6. The summed E-state index contributed by atoms with van der Waals surface area (Å²) in [4.78, 5) is 39.1. The fourth-order valence-corrected chi connectivity index (χ4v) is 2.91. The maximum atomic E-state index is 12.7. The van der Waals surface area contributed by atoms with Crippen molar-refractivity contribution in [3.05, 3.63) is 82.9 Å². The fourth-order valence-electron chi connectivity index (χ4n) is 2.85. The third-order valence-corrected chi connectivity index (χ3v) is 4.16. The number of nitrogens with zero attached hydrogens (tertiary/aromatic N) is 1. The first-order valence-corrected chi connectivity index (χ1v) is 8.37. The van der Waals surface area contributed by atoms with Crippen LogP contribution in [0.5, 0.6) is 0 Å². The standard InChI is InChI=1S/C20H16ClNO4/c1-13(21)12-26-20(25)17(11-14-7-3-2-4-8-14)22-18(23)15-9-5-6-10-16(15)19(22)24/h2-10,17H,1,11-12H2/t17-/m0/s1. The molecule has 1 aliphatic rings. The van der Waals surface area contributed by atoms with Crippen LogP contribution in [0.2, 0.25) is 0 Å². The van der Waals surface area contributed by atoms with Crippen LogP contribution in [0.4, 0.5) is 0 Å². The van der Waals surface area contributed by atoms with Gasteiger partial charge in [0.15, 0.2) is 0 Å². The van der Waals surface area contributed by atoms with Crippen LogP contribution in [0.15, 0.2) is 66.2 Å². The number of ether oxygens (including phenoxy) is 1. The smallest absolute Gasteiger partial charge is 0.330 e. The van der Waals surface area contributed by atoms with Crippen LogP contribution < -0.4 is 0 Å². The molecule has 0 aromatic heterocycles. The van der Waals surface area contributed by atoms with Gasteiger partial charge in [0.25, 0.3) is 11.8 Å². The third kappa shape index (κ3) is 3.53. The summed E-state index contributed by atoms with van der Waals surface area (Å²) in [5.41, 5.74) is 1.37. The number of fused-ring (bicyclic) bond motifs is 1. The summed E-state index contributed by atoms with van der Waals surface area (Å²) >= 11 is 5.66. The van der Waals surface area contributed by atoms with Crippen molar-refractivity contribution in [2.24, 2.45) is 0 Å². The number of hydrogen-bond donors (Lipinski definition) is 0. The van der Waals surface area contributed by atoms with Gasteiger partial charge in [0.2, 0.25) is 0 Å². The van der Waals surface area contributed by atoms with E-state index in [4.69, 9.17) is 16.3 Å². The number of carbonyl (C=O) groups excluding carboxylic acids is 3. The number of benzene rings is 2. The van der Waals surface area contributed by atoms with E-state index in [1.54, 1.807) is 24.3 Å². The minimum Gasteiger partial charge on any atom is -0.458 e. The molecule has 132 valence electrons. The van der Waals surface area contributed by atoms with Crippen molar-refractivity contribution in [1.82, 2.24) is 4.90 Å². The Kier molecular flexibility index (Phi) is 5.19. The molecule has 0 saturated carbocycles. The van der Waals surface area contributed by atoms with Crippen LogP contribution in [-0.2, 0) is 16.0 Å². The van der Waals surface area contributed by atoms with Crippen molar-refractivity contribution in [2.45, 2.75) is 12.5 Å². The molecule has 0 aliphatic carbocycles. The summed E-state index contributed by atoms with van der Waals surface area (Å²) in [6.45, 7) is 3.29. The SMILES string of the molecule is C=C(Cl)COC(=O)[C@H](Cc1ccccc1)N1C(=O)c2ccccc2C1=O. The minimum absolute atomic E-state index is 0.152. The van der Waals surface area contributed by atoms with E-state index in [0.29, 0.717) is 0 Å². The number of esters is 1. The second kappa shape index (κ2) is 7.54. The molecule has 0 spiro atoms. The first-order valence-electron chi connectivity index (χ1n) is 8.00. The second-order valence-corrected chi connectivity index (χ2v) is 6.39. The molecular weight excluding hydrogens is 354 g/mol. The molecule has 5 nitrogen and oxygen atoms in total. The Balaban J connectivity index is 1.93. The van der Waals surface area contributed by atoms with Crippen LogP contribution in [0.3, 0.4) is 0 Å². The topological polar surface area (TPSA) is 63.7 Å². The number of hydrogen-bond acceptors (Lipinski definition) is 4. The Morgan fingerprint density at radius 3 is 2.08 bits per heavy atom. The van der Waals surface area contributed by atoms with Gasteiger partial charge in [0, 0.05) is 11.5 Å². The predicted molar refractivity (Wildman–Crippen MR) is 96.8 cm³/mol. The minimum atomic E-state index is -1.08. The van der Waals surface area contributed by atoms with Crippen molar-refractivity contribution in [3.63, 3.8) is 0 Å². The summed E-state index contributed by atoms with van der Waals surface area (Å²) in [6, 6.07) is 14.5. The van der Waals surface area contributed by atoms with E-state index in [1.165, 1.54) is 0 Å². The Morgan fingerprint density at radius 2 is 1.54 bits per heavy atom. The van der Waals surface area contributed by atoms with Gasteiger partial charge >= 0.3 is 5.97 Å². The van der Waals surface area contributed by atoms with Crippen LogP contribution in [0.1, 0.15) is 26.3 Å². The molecular formula is C20H16ClNO4. The third-order valence-electron chi connectivity index (χ3n) is 4.05. The summed E-state index contributed by atoms with van der Waals surface area (Å²) in [5, 5.41) is 0.152. The van der Waals surface area contributed by atoms with Crippen molar-refractivity contribution in [3.8, 4) is 0 Å². The molecule has 0 N–H and O–H groups in total. The second-order valence-electron chi connectivity index (χ2n) is 5.86. The van der Waals surface area contributed by atoms with Gasteiger partial charge < -0.3 is 4.74 Å². The van der Waals surface area contributed by atoms with Gasteiger partial charge in [0.05, 0.1) is 11.1 Å². The van der Waals surface area contributed by atoms with Gasteiger partial charge in [-0.1, -0.05) is 60.6 Å². The molecule has 1 atom stereocenters. The average molecular weight is 370 g/mol. The van der Waals surface area contributed by atoms with Gasteiger partial charge in [-0.25, -0.2) is 4.79 Å². The lowest BCUT2D eigenvalue weighted by molar-refractivity contribution is -0.147. The van der Waals surface area contributed by atoms with Crippen LogP contribution in [0.25, 0.3) is 0 Å². The van der Waals surface area contributed by atoms with Gasteiger partial charge in [-0.3, -0.25) is 14.5 Å². The van der Waals surface area contributed by atoms with Gasteiger partial charge in [-0.2, -0.15) is 0 Å². The van der Waals surface area contributed by atoms with Gasteiger partial charge in [0.1, 0.15) is 12.6 Å². The molecule has 2 aromatic carbocycles. The lowest BCUT2D eigenvalue weighted by Crippen LogP contribution is -2.47. The van der Waals surface area contributed by atoms with Crippen molar-refractivity contribution in [1.29, 1.82) is 0 Å². The fraction of sp³-hybridized carbons (Fsp3) is 0.150. The summed E-state index contributed by atoms with van der Waals surface area (Å²) in [6.07, 6.45) is 0.153. The highest BCUT2D eigenvalue weighted by atomic mass is 35.5. The zero-order chi connectivity index (χ0) is 18.7. The molecule has 2 aromatic rings. The molecule has 3 rings (SSSR count). The summed E-state index contributed by atoms with van der Waals surface area (Å²) in [7, 11) is 0. The normalized spacial score (nSPS) is 14.1. The van der Waals surface area contributed by atoms with Crippen molar-refractivity contribution < 1.29 is 19.1 Å². The molecule has 1 aliphatic heterocycles. The highest BCUT2D eigenvalue weighted by Crippen LogP contribution is 2.26. The zero-order valence-corrected chi connectivity index (χ0v) is 14.6. The first kappa shape index (κ1) is 17.9. The van der Waals surface area contributed by atoms with E-state index >= 15 is 0 Å². The van der Waals surface area contributed by atoms with Crippen molar-refractivity contribution in [2.75, 3.05) is 6.61 Å². The van der Waals surface area contributed by atoms with Crippen LogP contribution in [-0.4, -0.2) is 35.3 Å². The number of imide groups is 1. The number of amides is 2. The van der Waals surface area contributed by atoms with Crippen LogP contribution >= 0.6 is 11.6 Å². The zero-order valence-electron chi connectivity index (χ0n) is 13.9. The van der Waals surface area contributed by atoms with E-state index in [9.17, 15) is 14.4 Å². The van der Waals surface area contributed by atoms with E-state index in [0.717, 1.165) is 10.5 Å². The molecule has 26 heavy (non-hydrogen) atoms. The molecule has 0 unspecified atom stereocenters. The lowest BCUT2D eigenvalue weighted by atomic mass is 10.0. The maximum absolute atomic E-state index is 12.7. The Hall–Kier alpha value is -2.92. The van der Waals surface area contributed by atoms with E-state index < -0.39 is 23.8 Å². The van der Waals surface area contributed by atoms with Crippen LogP contribution in [0, 0.1) is 0 Å². The molecule has 1 heterocycles. The quantitative estimate of drug-likeness (QED) is 0.579. The molecule has 0 fully saturated rings. The maximum Gasteiger partial charge on any atom is 0.330 e. The molecule has 2 amide bonds. The molecule has 6 heteroatoms. The van der Waals surface area contributed by atoms with E-state index in [2.05, 4.69) is 6.58 Å². The molecule has 0 bridgehead atoms. The van der Waals surface area contributed by atoms with E-state index in [-0.39, 0.29) is 29.2 Å². The highest BCUT2D eigenvalue weighted by Gasteiger charge is 2.43. The Bertz CT molecular complexity index is 843. The van der Waals surface area contributed by atoms with Gasteiger partial charge in [-0.05, 0) is 17.7 Å². The van der Waals surface area contributed by atoms with Crippen molar-refractivity contribution >= 4 is 29.4 Å². The number of halogens is 1. The predicted octanol–water partition coefficient (Wildman–Crippen LogP) is 3.19. The first-order chi connectivity index (χ1) is 12.5. The average Bonchev–Trinajstić information content (AvgIpc) is 2.90. The largest absolute Gasteiger partial charge is 0.458 e. The number of carbonyl (C=O) groups is 3.